The Hall–Kier alpha value is -2.20. The Morgan fingerprint density at radius 3 is 2.71 bits per heavy atom. The summed E-state index contributed by atoms with van der Waals surface area (Å²) in [5.74, 6) is 0.347. The minimum absolute atomic E-state index is 0.0436. The van der Waals surface area contributed by atoms with Crippen molar-refractivity contribution < 1.29 is 9.90 Å². The number of ketones is 1. The van der Waals surface area contributed by atoms with E-state index in [4.69, 9.17) is 17.3 Å². The van der Waals surface area contributed by atoms with Crippen molar-refractivity contribution in [3.05, 3.63) is 53.1 Å². The molecule has 0 amide bonds. The molecule has 5 heteroatoms. The van der Waals surface area contributed by atoms with Gasteiger partial charge < -0.3 is 15.7 Å². The molecule has 2 saturated heterocycles. The zero-order valence-corrected chi connectivity index (χ0v) is 13.9. The molecule has 2 heterocycles. The number of nitrogens with two attached hydrogens (primary N) is 1. The van der Waals surface area contributed by atoms with Gasteiger partial charge in [0, 0.05) is 29.1 Å². The number of nitrogens with zero attached hydrogens (tertiary/aromatic N) is 1. The van der Waals surface area contributed by atoms with E-state index in [1.54, 1.807) is 12.1 Å². The summed E-state index contributed by atoms with van der Waals surface area (Å²) in [6, 6.07) is 13.1. The van der Waals surface area contributed by atoms with Crippen LogP contribution in [0, 0.1) is 5.92 Å². The minimum Gasteiger partial charge on any atom is -0.506 e. The second-order valence-electron chi connectivity index (χ2n) is 6.66. The first-order chi connectivity index (χ1) is 11.5. The summed E-state index contributed by atoms with van der Waals surface area (Å²) < 4.78 is 0. The van der Waals surface area contributed by atoms with Crippen molar-refractivity contribution in [3.8, 4) is 5.75 Å². The lowest BCUT2D eigenvalue weighted by Gasteiger charge is -2.52. The maximum atomic E-state index is 12.5. The Kier molecular flexibility index (Phi) is 3.65. The van der Waals surface area contributed by atoms with E-state index in [0.717, 1.165) is 24.1 Å². The number of nitrogen functional groups attached to an aromatic ring is 1. The quantitative estimate of drug-likeness (QED) is 0.641. The van der Waals surface area contributed by atoms with Crippen LogP contribution in [0.5, 0.6) is 5.75 Å². The van der Waals surface area contributed by atoms with Crippen LogP contribution in [0.1, 0.15) is 30.9 Å². The van der Waals surface area contributed by atoms with Gasteiger partial charge in [0.05, 0.1) is 11.7 Å². The van der Waals surface area contributed by atoms with Crippen molar-refractivity contribution in [1.29, 1.82) is 0 Å². The largest absolute Gasteiger partial charge is 0.506 e. The van der Waals surface area contributed by atoms with Crippen LogP contribution >= 0.6 is 11.6 Å². The molecule has 3 fully saturated rings. The van der Waals surface area contributed by atoms with Gasteiger partial charge in [-0.25, -0.2) is 0 Å². The number of phenols is 1. The highest BCUT2D eigenvalue weighted by Crippen LogP contribution is 2.48. The molecular formula is C19H19ClN2O2. The summed E-state index contributed by atoms with van der Waals surface area (Å²) in [6.07, 6.45) is 2.49. The second-order valence-corrected chi connectivity index (χ2v) is 7.09. The Morgan fingerprint density at radius 2 is 2.00 bits per heavy atom. The highest BCUT2D eigenvalue weighted by atomic mass is 35.5. The minimum atomic E-state index is -0.0635. The zero-order chi connectivity index (χ0) is 16.8. The SMILES string of the molecule is Nc1cc(C2C3CCC(CC3=O)N2c2cccc(Cl)c2)ccc1O. The monoisotopic (exact) mass is 342 g/mol. The number of phenolic OH excluding ortho intramolecular Hbond substituents is 1. The van der Waals surface area contributed by atoms with Crippen molar-refractivity contribution >= 4 is 28.8 Å². The number of aromatic hydroxyl groups is 1. The number of hydrogen-bond acceptors (Lipinski definition) is 4. The van der Waals surface area contributed by atoms with Gasteiger partial charge in [0.1, 0.15) is 11.5 Å². The first kappa shape index (κ1) is 15.3. The molecular weight excluding hydrogens is 324 g/mol. The maximum Gasteiger partial charge on any atom is 0.140 e. The van der Waals surface area contributed by atoms with Crippen molar-refractivity contribution in [2.24, 2.45) is 5.92 Å². The summed E-state index contributed by atoms with van der Waals surface area (Å²) in [6.45, 7) is 0. The molecule has 24 heavy (non-hydrogen) atoms. The van der Waals surface area contributed by atoms with Crippen LogP contribution in [-0.2, 0) is 4.79 Å². The lowest BCUT2D eigenvalue weighted by Crippen LogP contribution is -2.54. The van der Waals surface area contributed by atoms with E-state index in [-0.39, 0.29) is 23.8 Å². The van der Waals surface area contributed by atoms with E-state index in [0.29, 0.717) is 22.9 Å². The van der Waals surface area contributed by atoms with Gasteiger partial charge in [-0.1, -0.05) is 23.7 Å². The number of carbonyl (C=O) groups is 1. The van der Waals surface area contributed by atoms with Gasteiger partial charge in [-0.3, -0.25) is 4.79 Å². The molecule has 124 valence electrons. The molecule has 2 bridgehead atoms. The fraction of sp³-hybridized carbons (Fsp3) is 0.316. The van der Waals surface area contributed by atoms with E-state index < -0.39 is 0 Å². The molecule has 3 unspecified atom stereocenters. The molecule has 5 rings (SSSR count). The van der Waals surface area contributed by atoms with Gasteiger partial charge in [-0.2, -0.15) is 0 Å². The molecule has 0 aromatic heterocycles. The molecule has 0 spiro atoms. The molecule has 0 radical (unpaired) electrons. The van der Waals surface area contributed by atoms with Crippen LogP contribution in [0.15, 0.2) is 42.5 Å². The average Bonchev–Trinajstić information content (AvgIpc) is 2.57. The smallest absolute Gasteiger partial charge is 0.140 e. The maximum absolute atomic E-state index is 12.5. The van der Waals surface area contributed by atoms with E-state index in [1.165, 1.54) is 0 Å². The lowest BCUT2D eigenvalue weighted by atomic mass is 9.71. The third-order valence-corrected chi connectivity index (χ3v) is 5.47. The van der Waals surface area contributed by atoms with Gasteiger partial charge in [0.25, 0.3) is 0 Å². The molecule has 2 aliphatic heterocycles. The van der Waals surface area contributed by atoms with Crippen LogP contribution < -0.4 is 10.6 Å². The Balaban J connectivity index is 1.83. The summed E-state index contributed by atoms with van der Waals surface area (Å²) in [4.78, 5) is 14.8. The third-order valence-electron chi connectivity index (χ3n) is 5.23. The molecule has 3 aliphatic rings. The molecule has 3 atom stereocenters. The Morgan fingerprint density at radius 1 is 1.17 bits per heavy atom. The number of rotatable bonds is 2. The molecule has 2 aromatic rings. The number of hydrogen-bond donors (Lipinski definition) is 2. The number of Topliss-reactive ketones (excluding diaryl/α,β-unsaturated/α-hetero) is 1. The summed E-state index contributed by atoms with van der Waals surface area (Å²) in [5, 5.41) is 10.4. The fourth-order valence-corrected chi connectivity index (χ4v) is 4.35. The van der Waals surface area contributed by atoms with E-state index >= 15 is 0 Å². The number of halogens is 1. The van der Waals surface area contributed by atoms with Crippen molar-refractivity contribution in [1.82, 2.24) is 0 Å². The topological polar surface area (TPSA) is 66.6 Å². The van der Waals surface area contributed by atoms with Gasteiger partial charge in [0.15, 0.2) is 0 Å². The summed E-state index contributed by atoms with van der Waals surface area (Å²) in [7, 11) is 0. The molecule has 1 saturated carbocycles. The van der Waals surface area contributed by atoms with Crippen LogP contribution in [0.3, 0.4) is 0 Å². The van der Waals surface area contributed by atoms with Crippen LogP contribution in [0.2, 0.25) is 5.02 Å². The predicted molar refractivity (Wildman–Crippen MR) is 95.3 cm³/mol. The van der Waals surface area contributed by atoms with E-state index in [2.05, 4.69) is 4.90 Å². The number of carbonyl (C=O) groups excluding carboxylic acids is 1. The van der Waals surface area contributed by atoms with Crippen molar-refractivity contribution in [3.63, 3.8) is 0 Å². The fourth-order valence-electron chi connectivity index (χ4n) is 4.17. The van der Waals surface area contributed by atoms with Crippen molar-refractivity contribution in [2.45, 2.75) is 31.3 Å². The Bertz CT molecular complexity index is 808. The van der Waals surface area contributed by atoms with Gasteiger partial charge >= 0.3 is 0 Å². The van der Waals surface area contributed by atoms with Gasteiger partial charge in [0.2, 0.25) is 0 Å². The first-order valence-electron chi connectivity index (χ1n) is 8.19. The third kappa shape index (κ3) is 2.42. The first-order valence-corrected chi connectivity index (χ1v) is 8.57. The number of benzene rings is 2. The molecule has 2 aromatic carbocycles. The van der Waals surface area contributed by atoms with Crippen LogP contribution in [0.25, 0.3) is 0 Å². The molecule has 3 N–H and O–H groups in total. The summed E-state index contributed by atoms with van der Waals surface area (Å²) >= 11 is 6.19. The lowest BCUT2D eigenvalue weighted by molar-refractivity contribution is -0.128. The normalized spacial score (nSPS) is 26.0. The molecule has 1 aliphatic carbocycles. The zero-order valence-electron chi connectivity index (χ0n) is 13.2. The average molecular weight is 343 g/mol. The van der Waals surface area contributed by atoms with Gasteiger partial charge in [-0.15, -0.1) is 0 Å². The highest BCUT2D eigenvalue weighted by molar-refractivity contribution is 6.30. The number of anilines is 2. The van der Waals surface area contributed by atoms with Crippen LogP contribution in [-0.4, -0.2) is 16.9 Å². The van der Waals surface area contributed by atoms with E-state index in [1.807, 2.05) is 30.3 Å². The predicted octanol–water partition coefficient (Wildman–Crippen LogP) is 3.93. The number of fused-ring (bicyclic) bond motifs is 3. The van der Waals surface area contributed by atoms with Crippen molar-refractivity contribution in [2.75, 3.05) is 10.6 Å². The number of piperidine rings is 2. The second kappa shape index (κ2) is 5.71. The highest BCUT2D eigenvalue weighted by Gasteiger charge is 2.47. The van der Waals surface area contributed by atoms with Gasteiger partial charge in [-0.05, 0) is 48.7 Å². The molecule has 4 nitrogen and oxygen atoms in total. The summed E-state index contributed by atoms with van der Waals surface area (Å²) in [5.41, 5.74) is 8.23. The van der Waals surface area contributed by atoms with Crippen LogP contribution in [0.4, 0.5) is 11.4 Å². The standard InChI is InChI=1S/C19H19ClN2O2/c20-12-2-1-3-13(9-12)22-14-5-6-15(18(24)10-14)19(22)11-4-7-17(23)16(21)8-11/h1-4,7-9,14-15,19,23H,5-6,10,21H2. The van der Waals surface area contributed by atoms with E-state index in [9.17, 15) is 9.90 Å². The Labute approximate surface area is 145 Å².